The van der Waals surface area contributed by atoms with Crippen molar-refractivity contribution in [1.82, 2.24) is 0 Å². The standard InChI is InChI=1S/C15H24O3S/c1-18-14(16)8-15(4-5-15)10-19(17)9-13-7-11-2-3-12(13)6-11/h11-13H,2-10H2,1H3. The number of fused-ring (bicyclic) bond motifs is 2. The number of hydrogen-bond acceptors (Lipinski definition) is 3. The summed E-state index contributed by atoms with van der Waals surface area (Å²) in [6.07, 6.45) is 8.01. The molecule has 0 aliphatic heterocycles. The van der Waals surface area contributed by atoms with Gasteiger partial charge in [0, 0.05) is 22.3 Å². The number of carbonyl (C=O) groups excluding carboxylic acids is 1. The number of esters is 1. The second-order valence-electron chi connectivity index (χ2n) is 6.94. The van der Waals surface area contributed by atoms with Crippen LogP contribution < -0.4 is 0 Å². The van der Waals surface area contributed by atoms with E-state index in [1.807, 2.05) is 0 Å². The van der Waals surface area contributed by atoms with Crippen molar-refractivity contribution in [3.63, 3.8) is 0 Å². The summed E-state index contributed by atoms with van der Waals surface area (Å²) in [5, 5.41) is 0. The minimum Gasteiger partial charge on any atom is -0.469 e. The number of carbonyl (C=O) groups is 1. The van der Waals surface area contributed by atoms with E-state index >= 15 is 0 Å². The first kappa shape index (κ1) is 13.6. The van der Waals surface area contributed by atoms with Gasteiger partial charge >= 0.3 is 5.97 Å². The van der Waals surface area contributed by atoms with Gasteiger partial charge in [0.05, 0.1) is 13.5 Å². The molecular formula is C15H24O3S. The molecule has 4 atom stereocenters. The maximum Gasteiger partial charge on any atom is 0.306 e. The fraction of sp³-hybridized carbons (Fsp3) is 0.933. The molecule has 3 rings (SSSR count). The van der Waals surface area contributed by atoms with Gasteiger partial charge in [0.1, 0.15) is 0 Å². The van der Waals surface area contributed by atoms with Crippen LogP contribution in [0.25, 0.3) is 0 Å². The van der Waals surface area contributed by atoms with Gasteiger partial charge < -0.3 is 4.74 Å². The largest absolute Gasteiger partial charge is 0.469 e. The Morgan fingerprint density at radius 3 is 2.63 bits per heavy atom. The molecule has 0 heterocycles. The summed E-state index contributed by atoms with van der Waals surface area (Å²) in [4.78, 5) is 11.4. The van der Waals surface area contributed by atoms with Crippen LogP contribution in [-0.4, -0.2) is 28.8 Å². The zero-order chi connectivity index (χ0) is 13.5. The lowest BCUT2D eigenvalue weighted by atomic mass is 9.90. The fourth-order valence-electron chi connectivity index (χ4n) is 4.15. The summed E-state index contributed by atoms with van der Waals surface area (Å²) >= 11 is 0. The van der Waals surface area contributed by atoms with Crippen LogP contribution in [0.2, 0.25) is 0 Å². The molecule has 2 bridgehead atoms. The third kappa shape index (κ3) is 3.04. The molecular weight excluding hydrogens is 260 g/mol. The molecule has 0 N–H and O–H groups in total. The molecule has 0 radical (unpaired) electrons. The van der Waals surface area contributed by atoms with Crippen LogP contribution in [0.15, 0.2) is 0 Å². The lowest BCUT2D eigenvalue weighted by Gasteiger charge is -2.22. The third-order valence-electron chi connectivity index (χ3n) is 5.46. The van der Waals surface area contributed by atoms with Crippen molar-refractivity contribution in [2.45, 2.75) is 44.9 Å². The Balaban J connectivity index is 1.48. The van der Waals surface area contributed by atoms with E-state index in [0.717, 1.165) is 36.2 Å². The van der Waals surface area contributed by atoms with Gasteiger partial charge in [0.25, 0.3) is 0 Å². The predicted octanol–water partition coefficient (Wildman–Crippen LogP) is 2.51. The Kier molecular flexibility index (Phi) is 3.71. The van der Waals surface area contributed by atoms with Crippen LogP contribution in [0.1, 0.15) is 44.9 Å². The summed E-state index contributed by atoms with van der Waals surface area (Å²) in [7, 11) is 0.690. The average molecular weight is 284 g/mol. The monoisotopic (exact) mass is 284 g/mol. The minimum absolute atomic E-state index is 0.0234. The van der Waals surface area contributed by atoms with Crippen LogP contribution in [0.3, 0.4) is 0 Å². The van der Waals surface area contributed by atoms with Crippen molar-refractivity contribution in [2.75, 3.05) is 18.6 Å². The molecule has 3 aliphatic carbocycles. The Bertz CT molecular complexity index is 389. The molecule has 3 aliphatic rings. The quantitative estimate of drug-likeness (QED) is 0.704. The van der Waals surface area contributed by atoms with E-state index in [4.69, 9.17) is 4.74 Å². The molecule has 4 unspecified atom stereocenters. The second kappa shape index (κ2) is 5.19. The maximum atomic E-state index is 12.4. The minimum atomic E-state index is -0.745. The molecule has 3 saturated carbocycles. The van der Waals surface area contributed by atoms with Gasteiger partial charge in [-0.2, -0.15) is 0 Å². The first-order valence-corrected chi connectivity index (χ1v) is 9.01. The molecule has 0 amide bonds. The van der Waals surface area contributed by atoms with Crippen LogP contribution in [0.5, 0.6) is 0 Å². The van der Waals surface area contributed by atoms with Crippen molar-refractivity contribution in [3.05, 3.63) is 0 Å². The van der Waals surface area contributed by atoms with Crippen LogP contribution >= 0.6 is 0 Å². The maximum absolute atomic E-state index is 12.4. The SMILES string of the molecule is COC(=O)CC1(CS(=O)CC2CC3CCC2C3)CC1. The summed E-state index contributed by atoms with van der Waals surface area (Å²) in [6.45, 7) is 0. The highest BCUT2D eigenvalue weighted by atomic mass is 32.2. The molecule has 0 aromatic heterocycles. The van der Waals surface area contributed by atoms with Crippen molar-refractivity contribution in [1.29, 1.82) is 0 Å². The van der Waals surface area contributed by atoms with Gasteiger partial charge in [-0.05, 0) is 55.3 Å². The molecule has 108 valence electrons. The summed E-state index contributed by atoms with van der Waals surface area (Å²) < 4.78 is 17.1. The number of methoxy groups -OCH3 is 1. The molecule has 3 fully saturated rings. The smallest absolute Gasteiger partial charge is 0.306 e. The van der Waals surface area contributed by atoms with E-state index in [1.165, 1.54) is 32.8 Å². The predicted molar refractivity (Wildman–Crippen MR) is 75.1 cm³/mol. The van der Waals surface area contributed by atoms with Crippen LogP contribution in [-0.2, 0) is 20.3 Å². The topological polar surface area (TPSA) is 43.4 Å². The molecule has 19 heavy (non-hydrogen) atoms. The third-order valence-corrected chi connectivity index (χ3v) is 7.19. The normalized spacial score (nSPS) is 36.2. The van der Waals surface area contributed by atoms with E-state index in [0.29, 0.717) is 12.3 Å². The van der Waals surface area contributed by atoms with Gasteiger partial charge in [-0.15, -0.1) is 0 Å². The number of rotatable bonds is 6. The Hall–Kier alpha value is -0.380. The summed E-state index contributed by atoms with van der Waals surface area (Å²) in [5.74, 6) is 3.93. The first-order chi connectivity index (χ1) is 9.10. The number of ether oxygens (including phenoxy) is 1. The van der Waals surface area contributed by atoms with E-state index in [9.17, 15) is 9.00 Å². The van der Waals surface area contributed by atoms with E-state index in [-0.39, 0.29) is 11.4 Å². The molecule has 0 saturated heterocycles. The summed E-state index contributed by atoms with van der Waals surface area (Å²) in [5.41, 5.74) is 0.0234. The average Bonchev–Trinajstić information content (AvgIpc) is 2.83. The zero-order valence-electron chi connectivity index (χ0n) is 11.7. The van der Waals surface area contributed by atoms with E-state index < -0.39 is 10.8 Å². The number of hydrogen-bond donors (Lipinski definition) is 0. The van der Waals surface area contributed by atoms with Gasteiger partial charge in [0.2, 0.25) is 0 Å². The second-order valence-corrected chi connectivity index (χ2v) is 8.44. The Morgan fingerprint density at radius 1 is 1.32 bits per heavy atom. The molecule has 0 aromatic carbocycles. The van der Waals surface area contributed by atoms with Gasteiger partial charge in [-0.1, -0.05) is 6.42 Å². The highest BCUT2D eigenvalue weighted by Gasteiger charge is 2.47. The zero-order valence-corrected chi connectivity index (χ0v) is 12.5. The van der Waals surface area contributed by atoms with Gasteiger partial charge in [0.15, 0.2) is 0 Å². The Morgan fingerprint density at radius 2 is 2.11 bits per heavy atom. The van der Waals surface area contributed by atoms with Crippen LogP contribution in [0.4, 0.5) is 0 Å². The van der Waals surface area contributed by atoms with Crippen molar-refractivity contribution < 1.29 is 13.7 Å². The molecule has 0 spiro atoms. The Labute approximate surface area is 117 Å². The lowest BCUT2D eigenvalue weighted by molar-refractivity contribution is -0.141. The van der Waals surface area contributed by atoms with E-state index in [2.05, 4.69) is 0 Å². The fourth-order valence-corrected chi connectivity index (χ4v) is 6.22. The highest BCUT2D eigenvalue weighted by Crippen LogP contribution is 2.51. The van der Waals surface area contributed by atoms with Crippen molar-refractivity contribution in [3.8, 4) is 0 Å². The summed E-state index contributed by atoms with van der Waals surface area (Å²) in [6, 6.07) is 0. The first-order valence-electron chi connectivity index (χ1n) is 7.52. The van der Waals surface area contributed by atoms with Crippen molar-refractivity contribution in [2.24, 2.45) is 23.2 Å². The van der Waals surface area contributed by atoms with Gasteiger partial charge in [-0.3, -0.25) is 9.00 Å². The van der Waals surface area contributed by atoms with Gasteiger partial charge in [-0.25, -0.2) is 0 Å². The van der Waals surface area contributed by atoms with Crippen molar-refractivity contribution >= 4 is 16.8 Å². The van der Waals surface area contributed by atoms with E-state index in [1.54, 1.807) is 0 Å². The van der Waals surface area contributed by atoms with Crippen LogP contribution in [0, 0.1) is 23.2 Å². The molecule has 3 nitrogen and oxygen atoms in total. The lowest BCUT2D eigenvalue weighted by Crippen LogP contribution is -2.24. The molecule has 0 aromatic rings. The molecule has 4 heteroatoms. The highest BCUT2D eigenvalue weighted by molar-refractivity contribution is 7.85.